The molecule has 2 aromatic rings. The van der Waals surface area contributed by atoms with Gasteiger partial charge in [-0.1, -0.05) is 36.4 Å². The summed E-state index contributed by atoms with van der Waals surface area (Å²) in [5.74, 6) is 0.381. The summed E-state index contributed by atoms with van der Waals surface area (Å²) >= 11 is 0. The summed E-state index contributed by atoms with van der Waals surface area (Å²) in [6, 6.07) is 14.4. The van der Waals surface area contributed by atoms with Gasteiger partial charge in [0.25, 0.3) is 0 Å². The summed E-state index contributed by atoms with van der Waals surface area (Å²) in [6.45, 7) is 2.05. The highest BCUT2D eigenvalue weighted by Crippen LogP contribution is 2.45. The minimum Gasteiger partial charge on any atom is -0.315 e. The highest BCUT2D eigenvalue weighted by atomic mass is 19.4. The summed E-state index contributed by atoms with van der Waals surface area (Å²) in [6.07, 6.45) is -2.13. The van der Waals surface area contributed by atoms with Gasteiger partial charge >= 0.3 is 6.18 Å². The predicted octanol–water partition coefficient (Wildman–Crippen LogP) is 4.18. The molecule has 25 heavy (non-hydrogen) atoms. The molecule has 1 saturated heterocycles. The van der Waals surface area contributed by atoms with Crippen LogP contribution in [0.25, 0.3) is 11.1 Å². The molecule has 132 valence electrons. The molecule has 0 spiro atoms. The number of benzene rings is 2. The lowest BCUT2D eigenvalue weighted by molar-refractivity contribution is -0.137. The predicted molar refractivity (Wildman–Crippen MR) is 92.4 cm³/mol. The van der Waals surface area contributed by atoms with Crippen LogP contribution in [0.15, 0.2) is 48.5 Å². The maximum Gasteiger partial charge on any atom is 0.416 e. The molecule has 4 rings (SSSR count). The van der Waals surface area contributed by atoms with Crippen molar-refractivity contribution in [3.63, 3.8) is 0 Å². The SMILES string of the molecule is FC(F)(F)c1cccc(-c2ccccc2[C@@H]2C[C@H]2NC2CCNC2)c1. The third-order valence-electron chi connectivity index (χ3n) is 5.16. The van der Waals surface area contributed by atoms with E-state index in [-0.39, 0.29) is 0 Å². The van der Waals surface area contributed by atoms with Crippen molar-refractivity contribution >= 4 is 0 Å². The van der Waals surface area contributed by atoms with Crippen molar-refractivity contribution in [1.29, 1.82) is 0 Å². The Hall–Kier alpha value is -1.85. The second-order valence-corrected chi connectivity index (χ2v) is 6.97. The summed E-state index contributed by atoms with van der Waals surface area (Å²) in [5.41, 5.74) is 2.10. The summed E-state index contributed by atoms with van der Waals surface area (Å²) < 4.78 is 39.1. The minimum atomic E-state index is -4.32. The molecule has 5 heteroatoms. The summed E-state index contributed by atoms with van der Waals surface area (Å²) in [5, 5.41) is 7.02. The zero-order valence-corrected chi connectivity index (χ0v) is 13.8. The molecule has 1 aliphatic carbocycles. The number of hydrogen-bond donors (Lipinski definition) is 2. The largest absolute Gasteiger partial charge is 0.416 e. The summed E-state index contributed by atoms with van der Waals surface area (Å²) in [7, 11) is 0. The first-order valence-corrected chi connectivity index (χ1v) is 8.76. The maximum absolute atomic E-state index is 13.0. The van der Waals surface area contributed by atoms with Crippen molar-refractivity contribution in [2.45, 2.75) is 37.0 Å². The van der Waals surface area contributed by atoms with Crippen LogP contribution in [0.1, 0.15) is 29.9 Å². The second-order valence-electron chi connectivity index (χ2n) is 6.97. The van der Waals surface area contributed by atoms with E-state index >= 15 is 0 Å². The molecule has 0 radical (unpaired) electrons. The van der Waals surface area contributed by atoms with Crippen LogP contribution >= 0.6 is 0 Å². The van der Waals surface area contributed by atoms with E-state index in [1.54, 1.807) is 6.07 Å². The number of hydrogen-bond acceptors (Lipinski definition) is 2. The second kappa shape index (κ2) is 6.46. The molecule has 1 heterocycles. The van der Waals surface area contributed by atoms with Crippen molar-refractivity contribution in [1.82, 2.24) is 10.6 Å². The van der Waals surface area contributed by atoms with Crippen molar-refractivity contribution in [3.05, 3.63) is 59.7 Å². The molecule has 2 aliphatic rings. The Kier molecular flexibility index (Phi) is 4.29. The highest BCUT2D eigenvalue weighted by Gasteiger charge is 2.41. The number of alkyl halides is 3. The Bertz CT molecular complexity index is 751. The van der Waals surface area contributed by atoms with Crippen LogP contribution in [-0.4, -0.2) is 25.2 Å². The van der Waals surface area contributed by atoms with E-state index in [0.717, 1.165) is 43.1 Å². The van der Waals surface area contributed by atoms with Crippen LogP contribution in [-0.2, 0) is 6.18 Å². The Morgan fingerprint density at radius 2 is 1.88 bits per heavy atom. The molecular weight excluding hydrogens is 325 g/mol. The van der Waals surface area contributed by atoms with Crippen LogP contribution < -0.4 is 10.6 Å². The van der Waals surface area contributed by atoms with Crippen molar-refractivity contribution in [2.24, 2.45) is 0 Å². The standard InChI is InChI=1S/C20H21F3N2/c21-20(22,23)14-5-3-4-13(10-14)16-6-1-2-7-17(16)18-11-19(18)25-15-8-9-24-12-15/h1-7,10,15,18-19,24-25H,8-9,11-12H2/t15?,18-,19+/m0/s1. The first-order valence-electron chi connectivity index (χ1n) is 8.76. The van der Waals surface area contributed by atoms with Gasteiger partial charge in [0.05, 0.1) is 5.56 Å². The topological polar surface area (TPSA) is 24.1 Å². The van der Waals surface area contributed by atoms with Crippen molar-refractivity contribution in [2.75, 3.05) is 13.1 Å². The molecule has 2 fully saturated rings. The van der Waals surface area contributed by atoms with E-state index in [4.69, 9.17) is 0 Å². The molecule has 2 nitrogen and oxygen atoms in total. The smallest absolute Gasteiger partial charge is 0.315 e. The van der Waals surface area contributed by atoms with Gasteiger partial charge in [0.2, 0.25) is 0 Å². The molecule has 2 N–H and O–H groups in total. The van der Waals surface area contributed by atoms with E-state index in [0.29, 0.717) is 23.6 Å². The molecule has 0 aromatic heterocycles. The minimum absolute atomic E-state index is 0.381. The molecule has 3 atom stereocenters. The molecular formula is C20H21F3N2. The lowest BCUT2D eigenvalue weighted by Crippen LogP contribution is -2.33. The fourth-order valence-corrected chi connectivity index (χ4v) is 3.77. The van der Waals surface area contributed by atoms with E-state index in [1.807, 2.05) is 18.2 Å². The lowest BCUT2D eigenvalue weighted by Gasteiger charge is -2.14. The molecule has 1 unspecified atom stereocenters. The quantitative estimate of drug-likeness (QED) is 0.868. The monoisotopic (exact) mass is 346 g/mol. The molecule has 0 bridgehead atoms. The normalized spacial score (nSPS) is 26.0. The van der Waals surface area contributed by atoms with Gasteiger partial charge < -0.3 is 10.6 Å². The van der Waals surface area contributed by atoms with Crippen LogP contribution in [0.2, 0.25) is 0 Å². The Labute approximate surface area is 145 Å². The van der Waals surface area contributed by atoms with Crippen LogP contribution in [0.4, 0.5) is 13.2 Å². The number of halogens is 3. The average molecular weight is 346 g/mol. The first-order chi connectivity index (χ1) is 12.0. The highest BCUT2D eigenvalue weighted by molar-refractivity contribution is 5.69. The van der Waals surface area contributed by atoms with Gasteiger partial charge in [0, 0.05) is 24.5 Å². The van der Waals surface area contributed by atoms with E-state index < -0.39 is 11.7 Å². The Balaban J connectivity index is 1.58. The number of nitrogens with one attached hydrogen (secondary N) is 2. The van der Waals surface area contributed by atoms with Gasteiger partial charge in [-0.25, -0.2) is 0 Å². The van der Waals surface area contributed by atoms with Gasteiger partial charge in [-0.2, -0.15) is 13.2 Å². The van der Waals surface area contributed by atoms with E-state index in [9.17, 15) is 13.2 Å². The van der Waals surface area contributed by atoms with Gasteiger partial charge in [0.1, 0.15) is 0 Å². The molecule has 1 aliphatic heterocycles. The van der Waals surface area contributed by atoms with Gasteiger partial charge in [-0.15, -0.1) is 0 Å². The average Bonchev–Trinajstić information content (AvgIpc) is 3.16. The van der Waals surface area contributed by atoms with Gasteiger partial charge in [-0.3, -0.25) is 0 Å². The van der Waals surface area contributed by atoms with Gasteiger partial charge in [-0.05, 0) is 48.2 Å². The zero-order chi connectivity index (χ0) is 17.4. The van der Waals surface area contributed by atoms with Crippen LogP contribution in [0.3, 0.4) is 0 Å². The fourth-order valence-electron chi connectivity index (χ4n) is 3.77. The number of rotatable bonds is 4. The van der Waals surface area contributed by atoms with Crippen molar-refractivity contribution < 1.29 is 13.2 Å². The summed E-state index contributed by atoms with van der Waals surface area (Å²) in [4.78, 5) is 0. The van der Waals surface area contributed by atoms with E-state index in [1.165, 1.54) is 12.1 Å². The third-order valence-corrected chi connectivity index (χ3v) is 5.16. The Morgan fingerprint density at radius 1 is 1.04 bits per heavy atom. The van der Waals surface area contributed by atoms with E-state index in [2.05, 4.69) is 16.7 Å². The molecule has 0 amide bonds. The van der Waals surface area contributed by atoms with Gasteiger partial charge in [0.15, 0.2) is 0 Å². The van der Waals surface area contributed by atoms with Crippen LogP contribution in [0.5, 0.6) is 0 Å². The Morgan fingerprint density at radius 3 is 2.64 bits per heavy atom. The molecule has 2 aromatic carbocycles. The zero-order valence-electron chi connectivity index (χ0n) is 13.8. The van der Waals surface area contributed by atoms with Crippen LogP contribution in [0, 0.1) is 0 Å². The first kappa shape index (κ1) is 16.6. The molecule has 1 saturated carbocycles. The third kappa shape index (κ3) is 3.58. The lowest BCUT2D eigenvalue weighted by atomic mass is 9.95. The fraction of sp³-hybridized carbons (Fsp3) is 0.400. The van der Waals surface area contributed by atoms with Crippen molar-refractivity contribution in [3.8, 4) is 11.1 Å². The maximum atomic E-state index is 13.0.